The van der Waals surface area contributed by atoms with Crippen LogP contribution < -0.4 is 10.0 Å². The van der Waals surface area contributed by atoms with Crippen molar-refractivity contribution in [3.63, 3.8) is 0 Å². The normalized spacial score (nSPS) is 12.8. The van der Waals surface area contributed by atoms with Crippen molar-refractivity contribution in [3.05, 3.63) is 58.8 Å². The maximum Gasteiger partial charge on any atom is 0.240 e. The van der Waals surface area contributed by atoms with Crippen LogP contribution >= 0.6 is 15.9 Å². The number of nitrogens with zero attached hydrogens (tertiary/aromatic N) is 1. The number of hydrogen-bond donors (Lipinski definition) is 3. The molecule has 7 nitrogen and oxygen atoms in total. The van der Waals surface area contributed by atoms with Crippen molar-refractivity contribution < 1.29 is 13.2 Å². The maximum atomic E-state index is 12.2. The van der Waals surface area contributed by atoms with Gasteiger partial charge in [-0.2, -0.15) is 0 Å². The van der Waals surface area contributed by atoms with Crippen LogP contribution in [0.3, 0.4) is 0 Å². The quantitative estimate of drug-likeness (QED) is 0.514. The van der Waals surface area contributed by atoms with Gasteiger partial charge in [0.2, 0.25) is 15.9 Å². The summed E-state index contributed by atoms with van der Waals surface area (Å²) in [5.74, 6) is 0.388. The van der Waals surface area contributed by atoms with Gasteiger partial charge in [0.25, 0.3) is 0 Å². The van der Waals surface area contributed by atoms with Crippen LogP contribution in [0.5, 0.6) is 0 Å². The molecule has 0 aliphatic carbocycles. The fraction of sp³-hybridized carbons (Fsp3) is 0.222. The maximum absolute atomic E-state index is 12.2. The van der Waals surface area contributed by atoms with Crippen molar-refractivity contribution in [2.24, 2.45) is 0 Å². The number of carbonyl (C=O) groups is 1. The largest absolute Gasteiger partial charge is 0.346 e. The first-order valence-corrected chi connectivity index (χ1v) is 10.6. The third-order valence-electron chi connectivity index (χ3n) is 3.95. The Kier molecular flexibility index (Phi) is 5.93. The van der Waals surface area contributed by atoms with Gasteiger partial charge in [0.1, 0.15) is 5.82 Å². The first kappa shape index (κ1) is 19.5. The van der Waals surface area contributed by atoms with Crippen LogP contribution in [0.15, 0.2) is 57.9 Å². The van der Waals surface area contributed by atoms with E-state index in [4.69, 9.17) is 0 Å². The van der Waals surface area contributed by atoms with Crippen molar-refractivity contribution in [1.82, 2.24) is 20.0 Å². The van der Waals surface area contributed by atoms with Gasteiger partial charge in [0.15, 0.2) is 0 Å². The number of aromatic nitrogens is 2. The highest BCUT2D eigenvalue weighted by Crippen LogP contribution is 2.16. The van der Waals surface area contributed by atoms with E-state index in [-0.39, 0.29) is 29.8 Å². The molecule has 0 radical (unpaired) electrons. The van der Waals surface area contributed by atoms with Crippen LogP contribution in [0.1, 0.15) is 25.2 Å². The van der Waals surface area contributed by atoms with Gasteiger partial charge in [-0.15, -0.1) is 0 Å². The van der Waals surface area contributed by atoms with Crippen molar-refractivity contribution in [2.45, 2.75) is 24.3 Å². The van der Waals surface area contributed by atoms with E-state index in [1.54, 1.807) is 12.1 Å². The van der Waals surface area contributed by atoms with Crippen LogP contribution in [0, 0.1) is 0 Å². The van der Waals surface area contributed by atoms with E-state index >= 15 is 0 Å². The Hall–Kier alpha value is -2.23. The highest BCUT2D eigenvalue weighted by atomic mass is 79.9. The summed E-state index contributed by atoms with van der Waals surface area (Å²) in [5, 5.41) is 2.82. The van der Waals surface area contributed by atoms with E-state index < -0.39 is 10.0 Å². The number of nitrogens with one attached hydrogen (secondary N) is 3. The zero-order chi connectivity index (χ0) is 19.4. The summed E-state index contributed by atoms with van der Waals surface area (Å²) < 4.78 is 27.6. The van der Waals surface area contributed by atoms with Crippen LogP contribution in [0.2, 0.25) is 0 Å². The third kappa shape index (κ3) is 4.94. The summed E-state index contributed by atoms with van der Waals surface area (Å²) in [6.45, 7) is 1.83. The second kappa shape index (κ2) is 8.20. The first-order valence-electron chi connectivity index (χ1n) is 8.34. The molecular formula is C18H19BrN4O3S. The number of imidazole rings is 1. The van der Waals surface area contributed by atoms with Crippen LogP contribution in [0.25, 0.3) is 11.0 Å². The van der Waals surface area contributed by atoms with Gasteiger partial charge in [-0.3, -0.25) is 4.79 Å². The molecule has 9 heteroatoms. The smallest absolute Gasteiger partial charge is 0.240 e. The van der Waals surface area contributed by atoms with E-state index in [2.05, 4.69) is 35.9 Å². The van der Waals surface area contributed by atoms with Crippen molar-refractivity contribution in [3.8, 4) is 0 Å². The summed E-state index contributed by atoms with van der Waals surface area (Å²) in [6, 6.07) is 13.7. The lowest BCUT2D eigenvalue weighted by molar-refractivity contribution is -0.121. The number of halogens is 1. The fourth-order valence-electron chi connectivity index (χ4n) is 2.58. The Morgan fingerprint density at radius 3 is 2.74 bits per heavy atom. The second-order valence-electron chi connectivity index (χ2n) is 6.03. The molecule has 2 aromatic carbocycles. The number of fused-ring (bicyclic) bond motifs is 1. The summed E-state index contributed by atoms with van der Waals surface area (Å²) in [5.41, 5.74) is 1.73. The molecule has 142 valence electrons. The minimum Gasteiger partial charge on any atom is -0.346 e. The molecule has 3 aromatic rings. The predicted molar refractivity (Wildman–Crippen MR) is 107 cm³/mol. The lowest BCUT2D eigenvalue weighted by Crippen LogP contribution is -2.32. The molecule has 27 heavy (non-hydrogen) atoms. The average molecular weight is 451 g/mol. The van der Waals surface area contributed by atoms with Crippen LogP contribution in [0.4, 0.5) is 0 Å². The van der Waals surface area contributed by atoms with E-state index in [0.717, 1.165) is 11.0 Å². The number of carbonyl (C=O) groups excluding carboxylic acids is 1. The Morgan fingerprint density at radius 2 is 2.00 bits per heavy atom. The van der Waals surface area contributed by atoms with Gasteiger partial charge in [-0.05, 0) is 37.3 Å². The minimum atomic E-state index is -3.65. The molecule has 0 spiro atoms. The number of amides is 1. The van der Waals surface area contributed by atoms with Gasteiger partial charge in [0, 0.05) is 17.4 Å². The third-order valence-corrected chi connectivity index (χ3v) is 5.90. The zero-order valence-corrected chi connectivity index (χ0v) is 17.0. The van der Waals surface area contributed by atoms with E-state index in [0.29, 0.717) is 10.3 Å². The van der Waals surface area contributed by atoms with Gasteiger partial charge < -0.3 is 10.3 Å². The molecule has 0 saturated heterocycles. The summed E-state index contributed by atoms with van der Waals surface area (Å²) >= 11 is 3.24. The van der Waals surface area contributed by atoms with Gasteiger partial charge in [0.05, 0.1) is 22.0 Å². The zero-order valence-electron chi connectivity index (χ0n) is 14.6. The van der Waals surface area contributed by atoms with E-state index in [1.807, 2.05) is 31.2 Å². The molecule has 0 aliphatic rings. The number of rotatable bonds is 7. The lowest BCUT2D eigenvalue weighted by Gasteiger charge is -2.12. The van der Waals surface area contributed by atoms with Gasteiger partial charge in [-0.1, -0.05) is 34.1 Å². The molecule has 1 aromatic heterocycles. The Labute approximate surface area is 165 Å². The molecule has 3 rings (SSSR count). The van der Waals surface area contributed by atoms with Crippen LogP contribution in [-0.2, 0) is 14.8 Å². The molecule has 0 aliphatic heterocycles. The minimum absolute atomic E-state index is 0.00747. The first-order chi connectivity index (χ1) is 12.8. The summed E-state index contributed by atoms with van der Waals surface area (Å²) in [7, 11) is -3.65. The number of para-hydroxylation sites is 2. The molecule has 0 saturated carbocycles. The molecule has 1 amide bonds. The SMILES string of the molecule is CC(NC(=O)CCNS(=O)(=O)c1cccc(Br)c1)c1nc2ccccc2[nH]1. The number of H-pyrrole nitrogens is 1. The number of aromatic amines is 1. The highest BCUT2D eigenvalue weighted by Gasteiger charge is 2.16. The number of hydrogen-bond acceptors (Lipinski definition) is 4. The Morgan fingerprint density at radius 1 is 1.22 bits per heavy atom. The van der Waals surface area contributed by atoms with Gasteiger partial charge >= 0.3 is 0 Å². The molecular weight excluding hydrogens is 432 g/mol. The fourth-order valence-corrected chi connectivity index (χ4v) is 4.20. The van der Waals surface area contributed by atoms with Crippen molar-refractivity contribution in [1.29, 1.82) is 0 Å². The average Bonchev–Trinajstić information content (AvgIpc) is 3.06. The van der Waals surface area contributed by atoms with Crippen LogP contribution in [-0.4, -0.2) is 30.8 Å². The molecule has 1 heterocycles. The number of benzene rings is 2. The molecule has 1 atom stereocenters. The molecule has 3 N–H and O–H groups in total. The summed E-state index contributed by atoms with van der Waals surface area (Å²) in [6.07, 6.45) is 0.0256. The van der Waals surface area contributed by atoms with Crippen molar-refractivity contribution >= 4 is 42.9 Å². The highest BCUT2D eigenvalue weighted by molar-refractivity contribution is 9.10. The Balaban J connectivity index is 1.53. The standard InChI is InChI=1S/C18H19BrN4O3S/c1-12(18-22-15-7-2-3-8-16(15)23-18)21-17(24)9-10-20-27(25,26)14-6-4-5-13(19)11-14/h2-8,11-12,20H,9-10H2,1H3,(H,21,24)(H,22,23). The second-order valence-corrected chi connectivity index (χ2v) is 8.72. The lowest BCUT2D eigenvalue weighted by atomic mass is 10.3. The Bertz CT molecular complexity index is 1030. The summed E-state index contributed by atoms with van der Waals surface area (Å²) in [4.78, 5) is 19.9. The van der Waals surface area contributed by atoms with E-state index in [9.17, 15) is 13.2 Å². The molecule has 1 unspecified atom stereocenters. The molecule has 0 fully saturated rings. The van der Waals surface area contributed by atoms with E-state index in [1.165, 1.54) is 12.1 Å². The monoisotopic (exact) mass is 450 g/mol. The van der Waals surface area contributed by atoms with Gasteiger partial charge in [-0.25, -0.2) is 18.1 Å². The van der Waals surface area contributed by atoms with Crippen molar-refractivity contribution in [2.75, 3.05) is 6.54 Å². The topological polar surface area (TPSA) is 104 Å². The molecule has 0 bridgehead atoms. The predicted octanol–water partition coefficient (Wildman–Crippen LogP) is 2.87. The number of sulfonamides is 1.